The second-order valence-corrected chi connectivity index (χ2v) is 22.0. The summed E-state index contributed by atoms with van der Waals surface area (Å²) in [6, 6.07) is 4.45. The van der Waals surface area contributed by atoms with E-state index in [0.717, 1.165) is 0 Å². The molecule has 2 saturated heterocycles. The van der Waals surface area contributed by atoms with Crippen LogP contribution in [0.1, 0.15) is 112 Å². The Morgan fingerprint density at radius 2 is 1.55 bits per heavy atom. The number of likely N-dealkylation sites (tertiary alicyclic amines) is 1. The maximum atomic E-state index is 14.5. The molecule has 0 aliphatic carbocycles. The molecule has 2 aliphatic rings. The number of hydrogen-bond donors (Lipinski definition) is 6. The molecule has 10 atom stereocenters. The minimum absolute atomic E-state index is 0.0474. The largest absolute Gasteiger partial charge is 0.449 e. The standard InChI is InChI=1S/C50H81N7O14S2/c1-11-32(6)43(38(68-10)29-40(60)57-23-17-21-36(57)37(58)28-39(59)52-33(7)44(61)34-18-13-12-14-19-34)55(8)46(63)41(30(2)3)54-45(62)42(31(4)5)56(9)50(67)70-25-27-73-72-26-24-69-48(65)51-22-16-15-20-35-47(64)71-49(66)53-35/h12-14,18-19,30-33,35-38,41-44,58,61H,11,15-17,20-29H2,1-10H3,(H,51,65)(H,52,59)(H,53,66)(H,54,62)/t32-,33+,35?,36-,37+,38+,41-,42-,43-,44+/m0/s1. The molecule has 2 aliphatic heterocycles. The highest BCUT2D eigenvalue weighted by atomic mass is 33.1. The molecule has 6 N–H and O–H groups in total. The van der Waals surface area contributed by atoms with Crippen LogP contribution in [0, 0.1) is 17.8 Å². The first-order valence-electron chi connectivity index (χ1n) is 25.3. The van der Waals surface area contributed by atoms with Gasteiger partial charge in [0.2, 0.25) is 23.6 Å². The van der Waals surface area contributed by atoms with E-state index in [9.17, 15) is 48.6 Å². The topological polar surface area (TPSA) is 272 Å². The summed E-state index contributed by atoms with van der Waals surface area (Å²) in [5, 5.41) is 32.8. The lowest BCUT2D eigenvalue weighted by molar-refractivity contribution is -0.147. The van der Waals surface area contributed by atoms with Crippen molar-refractivity contribution in [2.75, 3.05) is 59.0 Å². The number of esters is 1. The molecular weight excluding hydrogens is 987 g/mol. The summed E-state index contributed by atoms with van der Waals surface area (Å²) in [6.07, 6.45) is -1.96. The molecule has 0 radical (unpaired) electrons. The Morgan fingerprint density at radius 3 is 2.14 bits per heavy atom. The second kappa shape index (κ2) is 31.8. The number of unbranched alkanes of at least 4 members (excludes halogenated alkanes) is 1. The molecule has 0 saturated carbocycles. The van der Waals surface area contributed by atoms with Gasteiger partial charge in [0.05, 0.1) is 49.3 Å². The quantitative estimate of drug-likeness (QED) is 0.0198. The van der Waals surface area contributed by atoms with Crippen LogP contribution in [0.25, 0.3) is 0 Å². The summed E-state index contributed by atoms with van der Waals surface area (Å²) in [4.78, 5) is 108. The Balaban J connectivity index is 1.50. The third kappa shape index (κ3) is 19.7. The molecule has 0 bridgehead atoms. The predicted octanol–water partition coefficient (Wildman–Crippen LogP) is 4.39. The zero-order chi connectivity index (χ0) is 54.4. The smallest absolute Gasteiger partial charge is 0.415 e. The number of hydrogen-bond acceptors (Lipinski definition) is 16. The van der Waals surface area contributed by atoms with E-state index in [4.69, 9.17) is 14.2 Å². The van der Waals surface area contributed by atoms with E-state index in [1.54, 1.807) is 57.0 Å². The van der Waals surface area contributed by atoms with E-state index in [1.165, 1.54) is 45.5 Å². The number of cyclic esters (lactones) is 2. The minimum atomic E-state index is -1.16. The lowest BCUT2D eigenvalue weighted by Gasteiger charge is -2.41. The second-order valence-electron chi connectivity index (χ2n) is 19.3. The number of aliphatic hydroxyl groups excluding tert-OH is 2. The van der Waals surface area contributed by atoms with E-state index >= 15 is 0 Å². The summed E-state index contributed by atoms with van der Waals surface area (Å²) < 4.78 is 21.1. The number of carbonyl (C=O) groups is 8. The summed E-state index contributed by atoms with van der Waals surface area (Å²) in [6.45, 7) is 13.7. The van der Waals surface area contributed by atoms with Crippen molar-refractivity contribution in [2.24, 2.45) is 17.8 Å². The van der Waals surface area contributed by atoms with Gasteiger partial charge in [0.15, 0.2) is 0 Å². The van der Waals surface area contributed by atoms with Gasteiger partial charge in [-0.1, -0.05) is 99.9 Å². The number of methoxy groups -OCH3 is 1. The molecule has 1 aromatic rings. The minimum Gasteiger partial charge on any atom is -0.449 e. The van der Waals surface area contributed by atoms with Crippen molar-refractivity contribution < 1.29 is 67.5 Å². The highest BCUT2D eigenvalue weighted by Crippen LogP contribution is 2.28. The summed E-state index contributed by atoms with van der Waals surface area (Å²) in [5.74, 6) is -2.27. The fourth-order valence-electron chi connectivity index (χ4n) is 9.04. The van der Waals surface area contributed by atoms with E-state index in [2.05, 4.69) is 26.0 Å². The number of nitrogens with zero attached hydrogens (tertiary/aromatic N) is 3. The molecule has 2 fully saturated rings. The fraction of sp³-hybridized carbons (Fsp3) is 0.720. The zero-order valence-corrected chi connectivity index (χ0v) is 45.8. The van der Waals surface area contributed by atoms with Gasteiger partial charge in [-0.15, -0.1) is 0 Å². The van der Waals surface area contributed by atoms with E-state index in [-0.39, 0.29) is 49.7 Å². The first kappa shape index (κ1) is 62.5. The van der Waals surface area contributed by atoms with Crippen LogP contribution in [-0.4, -0.2) is 180 Å². The van der Waals surface area contributed by atoms with E-state index < -0.39 is 96.5 Å². The highest BCUT2D eigenvalue weighted by molar-refractivity contribution is 8.76. The Labute approximate surface area is 438 Å². The molecular formula is C50H81N7O14S2. The molecule has 73 heavy (non-hydrogen) atoms. The SMILES string of the molecule is CC[C@H](C)[C@@H]([C@@H](CC(=O)N1CCC[C@H]1[C@H](O)CC(=O)N[C@H](C)[C@@H](O)c1ccccc1)OC)N(C)C(=O)[C@@H](NC(=O)[C@H](C(C)C)N(C)C(=O)OCCSSCCOC(=O)NCCCCC1NC(=O)OC1=O)C(C)C. The molecule has 1 unspecified atom stereocenters. The number of carbonyl (C=O) groups excluding carboxylic acids is 8. The van der Waals surface area contributed by atoms with Crippen LogP contribution >= 0.6 is 21.6 Å². The Kier molecular flexibility index (Phi) is 27.2. The number of benzene rings is 1. The number of rotatable bonds is 31. The third-order valence-corrected chi connectivity index (χ3v) is 15.5. The average molecular weight is 1070 g/mol. The highest BCUT2D eigenvalue weighted by Gasteiger charge is 2.42. The molecule has 21 nitrogen and oxygen atoms in total. The van der Waals surface area contributed by atoms with Crippen LogP contribution < -0.4 is 21.3 Å². The van der Waals surface area contributed by atoms with Gasteiger partial charge in [0, 0.05) is 45.8 Å². The van der Waals surface area contributed by atoms with Crippen molar-refractivity contribution in [3.8, 4) is 0 Å². The molecule has 7 amide bonds. The van der Waals surface area contributed by atoms with Gasteiger partial charge < -0.3 is 60.2 Å². The van der Waals surface area contributed by atoms with Gasteiger partial charge in [-0.2, -0.15) is 0 Å². The van der Waals surface area contributed by atoms with Gasteiger partial charge in [-0.25, -0.2) is 19.2 Å². The van der Waals surface area contributed by atoms with Crippen molar-refractivity contribution in [2.45, 2.75) is 154 Å². The van der Waals surface area contributed by atoms with Gasteiger partial charge >= 0.3 is 24.2 Å². The normalized spacial score (nSPS) is 18.8. The van der Waals surface area contributed by atoms with E-state index in [0.29, 0.717) is 68.7 Å². The Bertz CT molecular complexity index is 1950. The molecule has 23 heteroatoms. The maximum absolute atomic E-state index is 14.5. The summed E-state index contributed by atoms with van der Waals surface area (Å²) in [5.41, 5.74) is 0.648. The van der Waals surface area contributed by atoms with Gasteiger partial charge in [0.25, 0.3) is 0 Å². The van der Waals surface area contributed by atoms with Crippen molar-refractivity contribution in [3.63, 3.8) is 0 Å². The lowest BCUT2D eigenvalue weighted by Crippen LogP contribution is -2.60. The fourth-order valence-corrected chi connectivity index (χ4v) is 10.7. The number of amides is 7. The number of nitrogens with one attached hydrogen (secondary N) is 4. The molecule has 0 aromatic heterocycles. The molecule has 412 valence electrons. The number of ether oxygens (including phenoxy) is 4. The Morgan fingerprint density at radius 1 is 0.890 bits per heavy atom. The predicted molar refractivity (Wildman–Crippen MR) is 277 cm³/mol. The van der Waals surface area contributed by atoms with Crippen LogP contribution in [0.2, 0.25) is 0 Å². The summed E-state index contributed by atoms with van der Waals surface area (Å²) >= 11 is 0. The van der Waals surface area contributed by atoms with Crippen LogP contribution in [0.3, 0.4) is 0 Å². The first-order valence-corrected chi connectivity index (χ1v) is 27.8. The number of likely N-dealkylation sites (N-methyl/N-ethyl adjacent to an activating group) is 2. The Hall–Kier alpha value is -4.84. The van der Waals surface area contributed by atoms with Crippen molar-refractivity contribution in [1.29, 1.82) is 0 Å². The first-order chi connectivity index (χ1) is 34.6. The van der Waals surface area contributed by atoms with Crippen LogP contribution in [0.5, 0.6) is 0 Å². The van der Waals surface area contributed by atoms with Gasteiger partial charge in [-0.05, 0) is 62.3 Å². The number of aliphatic hydroxyl groups is 2. The number of alkyl carbamates (subject to hydrolysis) is 2. The third-order valence-electron chi connectivity index (χ3n) is 13.2. The van der Waals surface area contributed by atoms with Crippen molar-refractivity contribution in [3.05, 3.63) is 35.9 Å². The molecule has 1 aromatic carbocycles. The monoisotopic (exact) mass is 1070 g/mol. The van der Waals surface area contributed by atoms with Crippen LogP contribution in [-0.2, 0) is 42.9 Å². The lowest BCUT2D eigenvalue weighted by atomic mass is 9.89. The molecule has 0 spiro atoms. The summed E-state index contributed by atoms with van der Waals surface area (Å²) in [7, 11) is 7.43. The zero-order valence-electron chi connectivity index (χ0n) is 44.2. The van der Waals surface area contributed by atoms with E-state index in [1.807, 2.05) is 33.8 Å². The molecule has 3 rings (SSSR count). The van der Waals surface area contributed by atoms with Crippen molar-refractivity contribution in [1.82, 2.24) is 36.0 Å². The van der Waals surface area contributed by atoms with Crippen LogP contribution in [0.4, 0.5) is 14.4 Å². The van der Waals surface area contributed by atoms with Crippen molar-refractivity contribution >= 4 is 69.5 Å². The van der Waals surface area contributed by atoms with Crippen LogP contribution in [0.15, 0.2) is 30.3 Å². The van der Waals surface area contributed by atoms with Gasteiger partial charge in [0.1, 0.15) is 31.3 Å². The van der Waals surface area contributed by atoms with Gasteiger partial charge in [-0.3, -0.25) is 24.1 Å². The maximum Gasteiger partial charge on any atom is 0.415 e. The molecule has 2 heterocycles. The average Bonchev–Trinajstić information content (AvgIpc) is 3.98.